The topological polar surface area (TPSA) is 42.3 Å². The van der Waals surface area contributed by atoms with E-state index in [1.54, 1.807) is 17.0 Å². The molecule has 5 heteroatoms. The molecule has 0 radical (unpaired) electrons. The minimum atomic E-state index is -0.449. The summed E-state index contributed by atoms with van der Waals surface area (Å²) in [6.07, 6.45) is 0.721. The van der Waals surface area contributed by atoms with Gasteiger partial charge in [0.2, 0.25) is 0 Å². The minimum Gasteiger partial charge on any atom is -0.338 e. The van der Waals surface area contributed by atoms with E-state index >= 15 is 0 Å². The van der Waals surface area contributed by atoms with Gasteiger partial charge in [-0.05, 0) is 43.9 Å². The predicted octanol–water partition coefficient (Wildman–Crippen LogP) is 3.03. The van der Waals surface area contributed by atoms with Crippen LogP contribution in [0.5, 0.6) is 0 Å². The molecule has 1 aromatic carbocycles. The van der Waals surface area contributed by atoms with Crippen LogP contribution in [-0.2, 0) is 6.54 Å². The lowest BCUT2D eigenvalue weighted by Gasteiger charge is -2.21. The highest BCUT2D eigenvalue weighted by Gasteiger charge is 2.19. The van der Waals surface area contributed by atoms with Crippen molar-refractivity contribution in [1.29, 1.82) is 0 Å². The maximum Gasteiger partial charge on any atom is 0.270 e. The fourth-order valence-electron chi connectivity index (χ4n) is 2.62. The number of carbonyl (C=O) groups excluding carboxylic acids is 1. The Balaban J connectivity index is 2.72. The zero-order valence-corrected chi connectivity index (χ0v) is 13.2. The van der Waals surface area contributed by atoms with Gasteiger partial charge in [-0.3, -0.25) is 9.59 Å². The van der Waals surface area contributed by atoms with Crippen LogP contribution < -0.4 is 5.56 Å². The van der Waals surface area contributed by atoms with Gasteiger partial charge in [-0.1, -0.05) is 13.0 Å². The van der Waals surface area contributed by atoms with Gasteiger partial charge in [-0.15, -0.1) is 0 Å². The van der Waals surface area contributed by atoms with Gasteiger partial charge in [0.05, 0.1) is 5.39 Å². The molecule has 0 spiro atoms. The summed E-state index contributed by atoms with van der Waals surface area (Å²) in [5.41, 5.74) is 0.0593. The van der Waals surface area contributed by atoms with Crippen LogP contribution in [-0.4, -0.2) is 28.5 Å². The number of pyridine rings is 1. The highest BCUT2D eigenvalue weighted by molar-refractivity contribution is 5.96. The van der Waals surface area contributed by atoms with Crippen LogP contribution in [0.2, 0.25) is 0 Å². The van der Waals surface area contributed by atoms with E-state index < -0.39 is 5.82 Å². The Morgan fingerprint density at radius 2 is 1.86 bits per heavy atom. The zero-order chi connectivity index (χ0) is 16.3. The SMILES string of the molecule is CCCn1c(C(=O)N(CC)CC)cc2ccc(F)cc2c1=O. The summed E-state index contributed by atoms with van der Waals surface area (Å²) >= 11 is 0. The summed E-state index contributed by atoms with van der Waals surface area (Å²) < 4.78 is 14.9. The summed E-state index contributed by atoms with van der Waals surface area (Å²) in [7, 11) is 0. The average molecular weight is 304 g/mol. The third-order valence-electron chi connectivity index (χ3n) is 3.79. The third-order valence-corrected chi connectivity index (χ3v) is 3.79. The first-order valence-corrected chi connectivity index (χ1v) is 7.65. The first-order valence-electron chi connectivity index (χ1n) is 7.65. The molecule has 0 atom stereocenters. The van der Waals surface area contributed by atoms with Crippen molar-refractivity contribution in [2.45, 2.75) is 33.7 Å². The minimum absolute atomic E-state index is 0.165. The van der Waals surface area contributed by atoms with Crippen LogP contribution in [0.3, 0.4) is 0 Å². The Hall–Kier alpha value is -2.17. The van der Waals surface area contributed by atoms with E-state index in [0.29, 0.717) is 36.1 Å². The number of amides is 1. The van der Waals surface area contributed by atoms with Crippen LogP contribution in [0.1, 0.15) is 37.7 Å². The average Bonchev–Trinajstić information content (AvgIpc) is 2.51. The summed E-state index contributed by atoms with van der Waals surface area (Å²) in [6, 6.07) is 5.76. The van der Waals surface area contributed by atoms with Crippen LogP contribution in [0.25, 0.3) is 10.8 Å². The molecule has 118 valence electrons. The molecule has 0 aliphatic heterocycles. The molecule has 0 saturated carbocycles. The molecule has 0 aliphatic rings. The molecule has 22 heavy (non-hydrogen) atoms. The number of aromatic nitrogens is 1. The molecule has 0 unspecified atom stereocenters. The zero-order valence-electron chi connectivity index (χ0n) is 13.2. The van der Waals surface area contributed by atoms with Gasteiger partial charge in [-0.2, -0.15) is 0 Å². The lowest BCUT2D eigenvalue weighted by atomic mass is 10.1. The van der Waals surface area contributed by atoms with Crippen LogP contribution in [0.4, 0.5) is 4.39 Å². The van der Waals surface area contributed by atoms with Gasteiger partial charge in [0.15, 0.2) is 0 Å². The number of hydrogen-bond donors (Lipinski definition) is 0. The normalized spacial score (nSPS) is 10.9. The number of rotatable bonds is 5. The van der Waals surface area contributed by atoms with E-state index in [0.717, 1.165) is 6.42 Å². The van der Waals surface area contributed by atoms with Gasteiger partial charge in [-0.25, -0.2) is 4.39 Å². The smallest absolute Gasteiger partial charge is 0.270 e. The second kappa shape index (κ2) is 6.73. The lowest BCUT2D eigenvalue weighted by molar-refractivity contribution is 0.0760. The number of nitrogens with zero attached hydrogens (tertiary/aromatic N) is 2. The monoisotopic (exact) mass is 304 g/mol. The number of fused-ring (bicyclic) bond motifs is 1. The van der Waals surface area contributed by atoms with Crippen molar-refractivity contribution in [2.24, 2.45) is 0 Å². The van der Waals surface area contributed by atoms with Crippen LogP contribution in [0.15, 0.2) is 29.1 Å². The standard InChI is InChI=1S/C17H21FN2O2/c1-4-9-20-15(17(22)19(5-2)6-3)10-12-7-8-13(18)11-14(12)16(20)21/h7-8,10-11H,4-6,9H2,1-3H3. The highest BCUT2D eigenvalue weighted by atomic mass is 19.1. The van der Waals surface area contributed by atoms with Gasteiger partial charge < -0.3 is 9.47 Å². The fourth-order valence-corrected chi connectivity index (χ4v) is 2.62. The van der Waals surface area contributed by atoms with Crippen molar-refractivity contribution >= 4 is 16.7 Å². The molecule has 0 fully saturated rings. The van der Waals surface area contributed by atoms with Crippen molar-refractivity contribution in [3.05, 3.63) is 46.1 Å². The molecule has 0 saturated heterocycles. The second-order valence-corrected chi connectivity index (χ2v) is 5.20. The molecule has 0 N–H and O–H groups in total. The predicted molar refractivity (Wildman–Crippen MR) is 85.7 cm³/mol. The van der Waals surface area contributed by atoms with Crippen molar-refractivity contribution < 1.29 is 9.18 Å². The summed E-state index contributed by atoms with van der Waals surface area (Å²) in [6.45, 7) is 7.34. The number of carbonyl (C=O) groups is 1. The fraction of sp³-hybridized carbons (Fsp3) is 0.412. The van der Waals surface area contributed by atoms with Crippen molar-refractivity contribution in [3.8, 4) is 0 Å². The maximum absolute atomic E-state index is 13.4. The molecule has 2 aromatic rings. The number of hydrogen-bond acceptors (Lipinski definition) is 2. The Kier molecular flexibility index (Phi) is 4.96. The van der Waals surface area contributed by atoms with Crippen molar-refractivity contribution in [2.75, 3.05) is 13.1 Å². The summed E-state index contributed by atoms with van der Waals surface area (Å²) in [4.78, 5) is 27.0. The van der Waals surface area contributed by atoms with E-state index in [2.05, 4.69) is 0 Å². The van der Waals surface area contributed by atoms with E-state index in [1.807, 2.05) is 20.8 Å². The molecule has 0 bridgehead atoms. The lowest BCUT2D eigenvalue weighted by Crippen LogP contribution is -2.36. The third kappa shape index (κ3) is 2.89. The Bertz CT molecular complexity index is 748. The Labute approximate surface area is 129 Å². The van der Waals surface area contributed by atoms with E-state index in [1.165, 1.54) is 16.7 Å². The molecule has 1 heterocycles. The van der Waals surface area contributed by atoms with Crippen LogP contribution >= 0.6 is 0 Å². The Morgan fingerprint density at radius 1 is 1.18 bits per heavy atom. The van der Waals surface area contributed by atoms with E-state index in [9.17, 15) is 14.0 Å². The Morgan fingerprint density at radius 3 is 2.45 bits per heavy atom. The quantitative estimate of drug-likeness (QED) is 0.852. The first-order chi connectivity index (χ1) is 10.5. The molecule has 4 nitrogen and oxygen atoms in total. The van der Waals surface area contributed by atoms with Crippen molar-refractivity contribution in [1.82, 2.24) is 9.47 Å². The summed E-state index contributed by atoms with van der Waals surface area (Å²) in [5.74, 6) is -0.614. The van der Waals surface area contributed by atoms with E-state index in [-0.39, 0.29) is 11.5 Å². The van der Waals surface area contributed by atoms with Gasteiger partial charge in [0, 0.05) is 19.6 Å². The molecular formula is C17H21FN2O2. The second-order valence-electron chi connectivity index (χ2n) is 5.20. The number of benzene rings is 1. The molecule has 1 amide bonds. The van der Waals surface area contributed by atoms with E-state index in [4.69, 9.17) is 0 Å². The molecule has 1 aromatic heterocycles. The maximum atomic E-state index is 13.4. The van der Waals surface area contributed by atoms with Gasteiger partial charge in [0.25, 0.3) is 11.5 Å². The van der Waals surface area contributed by atoms with Gasteiger partial charge in [0.1, 0.15) is 11.5 Å². The van der Waals surface area contributed by atoms with Gasteiger partial charge >= 0.3 is 0 Å². The van der Waals surface area contributed by atoms with Crippen LogP contribution in [0, 0.1) is 5.82 Å². The molecule has 2 rings (SSSR count). The largest absolute Gasteiger partial charge is 0.338 e. The molecule has 0 aliphatic carbocycles. The van der Waals surface area contributed by atoms with Crippen molar-refractivity contribution in [3.63, 3.8) is 0 Å². The number of halogens is 1. The molecular weight excluding hydrogens is 283 g/mol. The first kappa shape index (κ1) is 16.2. The summed E-state index contributed by atoms with van der Waals surface area (Å²) in [5, 5.41) is 0.902. The highest BCUT2D eigenvalue weighted by Crippen LogP contribution is 2.16.